The van der Waals surface area contributed by atoms with Crippen molar-refractivity contribution in [2.75, 3.05) is 13.2 Å². The highest BCUT2D eigenvalue weighted by Gasteiger charge is 2.13. The average Bonchev–Trinajstić information content (AvgIpc) is 1.98. The van der Waals surface area contributed by atoms with Crippen LogP contribution in [0.4, 0.5) is 0 Å². The van der Waals surface area contributed by atoms with E-state index in [0.717, 1.165) is 0 Å². The van der Waals surface area contributed by atoms with E-state index in [4.69, 9.17) is 10.2 Å². The van der Waals surface area contributed by atoms with Crippen molar-refractivity contribution in [2.24, 2.45) is 0 Å². The lowest BCUT2D eigenvalue weighted by molar-refractivity contribution is -0.155. The Balaban J connectivity index is 3.42. The van der Waals surface area contributed by atoms with E-state index in [1.807, 2.05) is 6.92 Å². The van der Waals surface area contributed by atoms with Crippen LogP contribution in [0.3, 0.4) is 0 Å². The van der Waals surface area contributed by atoms with Gasteiger partial charge in [-0.15, -0.1) is 0 Å². The molecule has 0 rings (SSSR count). The first-order chi connectivity index (χ1) is 4.72. The highest BCUT2D eigenvalue weighted by atomic mass is 16.5. The lowest BCUT2D eigenvalue weighted by Crippen LogP contribution is -2.26. The van der Waals surface area contributed by atoms with Gasteiger partial charge in [0.2, 0.25) is 0 Å². The molecule has 0 saturated heterocycles. The van der Waals surface area contributed by atoms with Crippen LogP contribution in [0.2, 0.25) is 0 Å². The molecule has 0 amide bonds. The number of hydrogen-bond acceptors (Lipinski definition) is 4. The first-order valence-electron chi connectivity index (χ1n) is 3.18. The van der Waals surface area contributed by atoms with Crippen LogP contribution in [0.1, 0.15) is 13.3 Å². The Morgan fingerprint density at radius 3 is 2.70 bits per heavy atom. The van der Waals surface area contributed by atoms with Crippen molar-refractivity contribution in [1.82, 2.24) is 0 Å². The van der Waals surface area contributed by atoms with Crippen LogP contribution in [0.5, 0.6) is 0 Å². The van der Waals surface area contributed by atoms with E-state index in [2.05, 4.69) is 4.74 Å². The molecule has 10 heavy (non-hydrogen) atoms. The number of esters is 1. The number of ether oxygens (including phenoxy) is 1. The Hall–Kier alpha value is -0.610. The zero-order valence-electron chi connectivity index (χ0n) is 5.91. The molecule has 0 aromatic carbocycles. The monoisotopic (exact) mass is 148 g/mol. The Labute approximate surface area is 59.4 Å². The molecule has 0 aliphatic carbocycles. The van der Waals surface area contributed by atoms with Crippen LogP contribution < -0.4 is 0 Å². The van der Waals surface area contributed by atoms with Gasteiger partial charge >= 0.3 is 5.97 Å². The highest BCUT2D eigenvalue weighted by molar-refractivity contribution is 5.74. The molecular formula is C6H12O4. The van der Waals surface area contributed by atoms with Crippen LogP contribution in [-0.2, 0) is 9.53 Å². The summed E-state index contributed by atoms with van der Waals surface area (Å²) in [4.78, 5) is 10.5. The van der Waals surface area contributed by atoms with Gasteiger partial charge in [0.25, 0.3) is 0 Å². The maximum atomic E-state index is 10.5. The van der Waals surface area contributed by atoms with Crippen molar-refractivity contribution in [2.45, 2.75) is 19.4 Å². The molecule has 0 aromatic rings. The average molecular weight is 148 g/mol. The lowest BCUT2D eigenvalue weighted by Gasteiger charge is -2.05. The molecule has 0 aliphatic heterocycles. The molecule has 60 valence electrons. The van der Waals surface area contributed by atoms with Crippen LogP contribution in [0.15, 0.2) is 0 Å². The van der Waals surface area contributed by atoms with Crippen molar-refractivity contribution in [3.63, 3.8) is 0 Å². The van der Waals surface area contributed by atoms with E-state index in [0.29, 0.717) is 6.42 Å². The number of rotatable bonds is 4. The first kappa shape index (κ1) is 9.39. The first-order valence-corrected chi connectivity index (χ1v) is 3.18. The Bertz CT molecular complexity index is 102. The zero-order chi connectivity index (χ0) is 7.98. The third-order valence-corrected chi connectivity index (χ3v) is 0.893. The third-order valence-electron chi connectivity index (χ3n) is 0.893. The second-order valence-corrected chi connectivity index (χ2v) is 1.87. The van der Waals surface area contributed by atoms with Gasteiger partial charge in [-0.2, -0.15) is 0 Å². The summed E-state index contributed by atoms with van der Waals surface area (Å²) < 4.78 is 4.49. The molecule has 0 saturated carbocycles. The van der Waals surface area contributed by atoms with Gasteiger partial charge in [-0.25, -0.2) is 4.79 Å². The molecule has 4 heteroatoms. The third kappa shape index (κ3) is 3.42. The van der Waals surface area contributed by atoms with E-state index >= 15 is 0 Å². The molecule has 0 radical (unpaired) electrons. The van der Waals surface area contributed by atoms with E-state index in [9.17, 15) is 4.79 Å². The van der Waals surface area contributed by atoms with Gasteiger partial charge in [0.1, 0.15) is 0 Å². The van der Waals surface area contributed by atoms with Gasteiger partial charge in [-0.3, -0.25) is 0 Å². The topological polar surface area (TPSA) is 66.8 Å². The fourth-order valence-corrected chi connectivity index (χ4v) is 0.373. The second-order valence-electron chi connectivity index (χ2n) is 1.87. The fourth-order valence-electron chi connectivity index (χ4n) is 0.373. The zero-order valence-corrected chi connectivity index (χ0v) is 5.91. The molecular weight excluding hydrogens is 136 g/mol. The van der Waals surface area contributed by atoms with Gasteiger partial charge in [-0.05, 0) is 6.42 Å². The van der Waals surface area contributed by atoms with E-state index < -0.39 is 18.7 Å². The molecule has 0 spiro atoms. The summed E-state index contributed by atoms with van der Waals surface area (Å²) in [5.74, 6) is -0.760. The highest BCUT2D eigenvalue weighted by Crippen LogP contribution is 1.88. The van der Waals surface area contributed by atoms with E-state index in [1.54, 1.807) is 0 Å². The van der Waals surface area contributed by atoms with Crippen LogP contribution in [0.25, 0.3) is 0 Å². The minimum absolute atomic E-state index is 0.288. The fraction of sp³-hybridized carbons (Fsp3) is 0.833. The van der Waals surface area contributed by atoms with Crippen LogP contribution >= 0.6 is 0 Å². The Kier molecular flexibility index (Phi) is 4.88. The minimum atomic E-state index is -1.38. The summed E-state index contributed by atoms with van der Waals surface area (Å²) in [5, 5.41) is 16.9. The number of aliphatic hydroxyl groups excluding tert-OH is 2. The van der Waals surface area contributed by atoms with Crippen molar-refractivity contribution < 1.29 is 19.7 Å². The SMILES string of the molecule is CCCOC(=O)[C@H](O)CO. The van der Waals surface area contributed by atoms with Crippen molar-refractivity contribution in [1.29, 1.82) is 0 Å². The molecule has 0 aromatic heterocycles. The minimum Gasteiger partial charge on any atom is -0.464 e. The molecule has 0 unspecified atom stereocenters. The predicted octanol–water partition coefficient (Wildman–Crippen LogP) is -0.707. The molecule has 0 fully saturated rings. The smallest absolute Gasteiger partial charge is 0.337 e. The maximum Gasteiger partial charge on any atom is 0.337 e. The normalized spacial score (nSPS) is 12.7. The summed E-state index contributed by atoms with van der Waals surface area (Å²) in [6.07, 6.45) is -0.671. The van der Waals surface area contributed by atoms with Crippen LogP contribution in [-0.4, -0.2) is 35.5 Å². The predicted molar refractivity (Wildman–Crippen MR) is 34.3 cm³/mol. The molecule has 1 atom stereocenters. The largest absolute Gasteiger partial charge is 0.464 e. The quantitative estimate of drug-likeness (QED) is 0.517. The van der Waals surface area contributed by atoms with Gasteiger partial charge in [0.05, 0.1) is 13.2 Å². The molecule has 4 nitrogen and oxygen atoms in total. The van der Waals surface area contributed by atoms with Gasteiger partial charge in [-0.1, -0.05) is 6.92 Å². The number of hydrogen-bond donors (Lipinski definition) is 2. The van der Waals surface area contributed by atoms with Crippen molar-refractivity contribution in [3.8, 4) is 0 Å². The Morgan fingerprint density at radius 2 is 2.30 bits per heavy atom. The van der Waals surface area contributed by atoms with Crippen LogP contribution in [0, 0.1) is 0 Å². The van der Waals surface area contributed by atoms with Gasteiger partial charge in [0, 0.05) is 0 Å². The van der Waals surface area contributed by atoms with Crippen molar-refractivity contribution in [3.05, 3.63) is 0 Å². The summed E-state index contributed by atoms with van der Waals surface area (Å²) in [7, 11) is 0. The van der Waals surface area contributed by atoms with Gasteiger partial charge < -0.3 is 14.9 Å². The van der Waals surface area contributed by atoms with E-state index in [1.165, 1.54) is 0 Å². The summed E-state index contributed by atoms with van der Waals surface area (Å²) in [5.41, 5.74) is 0. The number of aliphatic hydroxyl groups is 2. The van der Waals surface area contributed by atoms with E-state index in [-0.39, 0.29) is 6.61 Å². The second kappa shape index (κ2) is 5.20. The Morgan fingerprint density at radius 1 is 1.70 bits per heavy atom. The summed E-state index contributed by atoms with van der Waals surface area (Å²) in [6, 6.07) is 0. The molecule has 2 N–H and O–H groups in total. The molecule has 0 bridgehead atoms. The molecule has 0 heterocycles. The standard InChI is InChI=1S/C6H12O4/c1-2-3-10-6(9)5(8)4-7/h5,7-8H,2-4H2,1H3/t5-/m1/s1. The number of carbonyl (C=O) groups excluding carboxylic acids is 1. The molecule has 0 aliphatic rings. The lowest BCUT2D eigenvalue weighted by atomic mass is 10.4. The summed E-state index contributed by atoms with van der Waals surface area (Å²) >= 11 is 0. The summed E-state index contributed by atoms with van der Waals surface area (Å²) in [6.45, 7) is 1.55. The maximum absolute atomic E-state index is 10.5. The van der Waals surface area contributed by atoms with Gasteiger partial charge in [0.15, 0.2) is 6.10 Å². The van der Waals surface area contributed by atoms with Crippen molar-refractivity contribution >= 4 is 5.97 Å². The number of carbonyl (C=O) groups is 1.